The highest BCUT2D eigenvalue weighted by atomic mass is 16.6. The van der Waals surface area contributed by atoms with Gasteiger partial charge in [-0.3, -0.25) is 4.79 Å². The highest BCUT2D eigenvalue weighted by Gasteiger charge is 2.49. The second-order valence-corrected chi connectivity index (χ2v) is 5.32. The Hall–Kier alpha value is -0.610. The van der Waals surface area contributed by atoms with E-state index in [1.165, 1.54) is 0 Å². The average Bonchev–Trinajstić information content (AvgIpc) is 2.52. The highest BCUT2D eigenvalue weighted by Crippen LogP contribution is 2.38. The van der Waals surface area contributed by atoms with Crippen LogP contribution in [0.15, 0.2) is 0 Å². The van der Waals surface area contributed by atoms with Crippen molar-refractivity contribution in [3.8, 4) is 0 Å². The van der Waals surface area contributed by atoms with Crippen molar-refractivity contribution in [1.82, 2.24) is 0 Å². The Labute approximate surface area is 96.6 Å². The van der Waals surface area contributed by atoms with Gasteiger partial charge in [0.15, 0.2) is 0 Å². The standard InChI is InChI=1S/C12H22O4/c1-8(2)4-5-10(14)12(3)6-9(7-13)16-11(12)15/h8-10,13-14H,4-7H2,1-3H3/t9-,10+,12+/m0/s1. The van der Waals surface area contributed by atoms with Crippen molar-refractivity contribution in [1.29, 1.82) is 0 Å². The molecular weight excluding hydrogens is 208 g/mol. The van der Waals surface area contributed by atoms with Crippen molar-refractivity contribution in [3.05, 3.63) is 0 Å². The summed E-state index contributed by atoms with van der Waals surface area (Å²) in [7, 11) is 0. The van der Waals surface area contributed by atoms with Gasteiger partial charge < -0.3 is 14.9 Å². The van der Waals surface area contributed by atoms with Crippen molar-refractivity contribution in [3.63, 3.8) is 0 Å². The summed E-state index contributed by atoms with van der Waals surface area (Å²) < 4.78 is 5.01. The number of ether oxygens (including phenoxy) is 1. The van der Waals surface area contributed by atoms with Crippen LogP contribution < -0.4 is 0 Å². The second-order valence-electron chi connectivity index (χ2n) is 5.32. The van der Waals surface area contributed by atoms with E-state index in [0.717, 1.165) is 6.42 Å². The van der Waals surface area contributed by atoms with Crippen LogP contribution in [0, 0.1) is 11.3 Å². The molecule has 2 N–H and O–H groups in total. The predicted molar refractivity (Wildman–Crippen MR) is 59.8 cm³/mol. The molecule has 0 spiro atoms. The molecular formula is C12H22O4. The molecule has 0 radical (unpaired) electrons. The second kappa shape index (κ2) is 5.15. The molecule has 0 aromatic carbocycles. The summed E-state index contributed by atoms with van der Waals surface area (Å²) in [4.78, 5) is 11.7. The zero-order valence-electron chi connectivity index (χ0n) is 10.3. The first-order chi connectivity index (χ1) is 7.40. The number of carbonyl (C=O) groups is 1. The molecule has 4 nitrogen and oxygen atoms in total. The number of esters is 1. The van der Waals surface area contributed by atoms with Crippen molar-refractivity contribution in [2.75, 3.05) is 6.61 Å². The van der Waals surface area contributed by atoms with E-state index < -0.39 is 17.6 Å². The fraction of sp³-hybridized carbons (Fsp3) is 0.917. The molecule has 1 aliphatic heterocycles. The lowest BCUT2D eigenvalue weighted by Gasteiger charge is -2.26. The summed E-state index contributed by atoms with van der Waals surface area (Å²) >= 11 is 0. The topological polar surface area (TPSA) is 66.8 Å². The van der Waals surface area contributed by atoms with Gasteiger partial charge in [0.05, 0.1) is 18.1 Å². The molecule has 0 unspecified atom stereocenters. The van der Waals surface area contributed by atoms with E-state index in [-0.39, 0.29) is 12.6 Å². The maximum atomic E-state index is 11.7. The summed E-state index contributed by atoms with van der Waals surface area (Å²) in [6.07, 6.45) is 0.752. The van der Waals surface area contributed by atoms with E-state index in [1.54, 1.807) is 6.92 Å². The van der Waals surface area contributed by atoms with Gasteiger partial charge in [0, 0.05) is 6.42 Å². The van der Waals surface area contributed by atoms with Gasteiger partial charge in [-0.25, -0.2) is 0 Å². The molecule has 1 rings (SSSR count). The van der Waals surface area contributed by atoms with Crippen LogP contribution >= 0.6 is 0 Å². The van der Waals surface area contributed by atoms with Gasteiger partial charge in [-0.2, -0.15) is 0 Å². The maximum Gasteiger partial charge on any atom is 0.314 e. The molecule has 0 aromatic heterocycles. The number of cyclic esters (lactones) is 1. The number of aliphatic hydroxyl groups excluding tert-OH is 2. The monoisotopic (exact) mass is 230 g/mol. The summed E-state index contributed by atoms with van der Waals surface area (Å²) in [5, 5.41) is 19.0. The molecule has 3 atom stereocenters. The first-order valence-electron chi connectivity index (χ1n) is 5.90. The van der Waals surface area contributed by atoms with Crippen molar-refractivity contribution >= 4 is 5.97 Å². The lowest BCUT2D eigenvalue weighted by Crippen LogP contribution is -2.36. The summed E-state index contributed by atoms with van der Waals surface area (Å²) in [5.41, 5.74) is -0.845. The van der Waals surface area contributed by atoms with Crippen molar-refractivity contribution < 1.29 is 19.7 Å². The van der Waals surface area contributed by atoms with Crippen LogP contribution in [-0.2, 0) is 9.53 Å². The van der Waals surface area contributed by atoms with Crippen molar-refractivity contribution in [2.45, 2.75) is 52.2 Å². The molecule has 1 saturated heterocycles. The predicted octanol–water partition coefficient (Wildman–Crippen LogP) is 1.10. The van der Waals surface area contributed by atoms with Gasteiger partial charge in [-0.1, -0.05) is 13.8 Å². The normalized spacial score (nSPS) is 31.9. The molecule has 94 valence electrons. The van der Waals surface area contributed by atoms with Crippen LogP contribution in [0.25, 0.3) is 0 Å². The lowest BCUT2D eigenvalue weighted by molar-refractivity contribution is -0.153. The van der Waals surface area contributed by atoms with Crippen LogP contribution in [0.1, 0.15) is 40.0 Å². The Bertz CT molecular complexity index is 251. The first-order valence-corrected chi connectivity index (χ1v) is 5.90. The Morgan fingerprint density at radius 1 is 1.50 bits per heavy atom. The molecule has 1 heterocycles. The van der Waals surface area contributed by atoms with Gasteiger partial charge in [0.2, 0.25) is 0 Å². The summed E-state index contributed by atoms with van der Waals surface area (Å²) in [6.45, 7) is 5.71. The summed E-state index contributed by atoms with van der Waals surface area (Å²) in [6, 6.07) is 0. The fourth-order valence-electron chi connectivity index (χ4n) is 2.07. The Kier molecular flexibility index (Phi) is 4.33. The molecule has 0 amide bonds. The maximum absolute atomic E-state index is 11.7. The van der Waals surface area contributed by atoms with Gasteiger partial charge in [-0.05, 0) is 25.7 Å². The van der Waals surface area contributed by atoms with Crippen LogP contribution in [0.3, 0.4) is 0 Å². The zero-order chi connectivity index (χ0) is 12.3. The van der Waals surface area contributed by atoms with E-state index in [1.807, 2.05) is 0 Å². The number of carbonyl (C=O) groups excluding carboxylic acids is 1. The van der Waals surface area contributed by atoms with Crippen LogP contribution in [0.2, 0.25) is 0 Å². The quantitative estimate of drug-likeness (QED) is 0.694. The third-order valence-corrected chi connectivity index (χ3v) is 3.35. The third-order valence-electron chi connectivity index (χ3n) is 3.35. The molecule has 0 saturated carbocycles. The molecule has 0 aliphatic carbocycles. The Morgan fingerprint density at radius 3 is 2.56 bits per heavy atom. The molecule has 1 fully saturated rings. The van der Waals surface area contributed by atoms with Gasteiger partial charge >= 0.3 is 5.97 Å². The molecule has 0 aromatic rings. The summed E-state index contributed by atoms with van der Waals surface area (Å²) in [5.74, 6) is 0.118. The first kappa shape index (κ1) is 13.5. The zero-order valence-corrected chi connectivity index (χ0v) is 10.3. The SMILES string of the molecule is CC(C)CC[C@@H](O)[C@@]1(C)C[C@@H](CO)OC1=O. The lowest BCUT2D eigenvalue weighted by atomic mass is 9.79. The van der Waals surface area contributed by atoms with E-state index in [0.29, 0.717) is 18.8 Å². The smallest absolute Gasteiger partial charge is 0.314 e. The van der Waals surface area contributed by atoms with Crippen LogP contribution in [0.4, 0.5) is 0 Å². The van der Waals surface area contributed by atoms with Crippen molar-refractivity contribution in [2.24, 2.45) is 11.3 Å². The van der Waals surface area contributed by atoms with Gasteiger partial charge in [0.1, 0.15) is 6.10 Å². The van der Waals surface area contributed by atoms with Crippen LogP contribution in [-0.4, -0.2) is 35.0 Å². The Balaban J connectivity index is 2.59. The number of aliphatic hydroxyl groups is 2. The van der Waals surface area contributed by atoms with E-state index in [2.05, 4.69) is 13.8 Å². The van der Waals surface area contributed by atoms with E-state index >= 15 is 0 Å². The van der Waals surface area contributed by atoms with Gasteiger partial charge in [0.25, 0.3) is 0 Å². The molecule has 0 bridgehead atoms. The number of hydrogen-bond donors (Lipinski definition) is 2. The number of hydrogen-bond acceptors (Lipinski definition) is 4. The minimum absolute atomic E-state index is 0.168. The van der Waals surface area contributed by atoms with E-state index in [4.69, 9.17) is 9.84 Å². The Morgan fingerprint density at radius 2 is 2.12 bits per heavy atom. The molecule has 16 heavy (non-hydrogen) atoms. The average molecular weight is 230 g/mol. The largest absolute Gasteiger partial charge is 0.459 e. The van der Waals surface area contributed by atoms with Crippen LogP contribution in [0.5, 0.6) is 0 Å². The molecule has 1 aliphatic rings. The van der Waals surface area contributed by atoms with E-state index in [9.17, 15) is 9.90 Å². The number of rotatable bonds is 5. The third kappa shape index (κ3) is 2.74. The van der Waals surface area contributed by atoms with Gasteiger partial charge in [-0.15, -0.1) is 0 Å². The minimum atomic E-state index is -0.845. The minimum Gasteiger partial charge on any atom is -0.459 e. The fourth-order valence-corrected chi connectivity index (χ4v) is 2.07. The highest BCUT2D eigenvalue weighted by molar-refractivity contribution is 5.79. The molecule has 4 heteroatoms.